The fourth-order valence-electron chi connectivity index (χ4n) is 4.17. The van der Waals surface area contributed by atoms with Gasteiger partial charge in [-0.2, -0.15) is 4.98 Å². The van der Waals surface area contributed by atoms with Gasteiger partial charge < -0.3 is 19.6 Å². The van der Waals surface area contributed by atoms with Crippen molar-refractivity contribution in [2.75, 3.05) is 31.1 Å². The van der Waals surface area contributed by atoms with E-state index >= 15 is 0 Å². The molecule has 1 saturated carbocycles. The summed E-state index contributed by atoms with van der Waals surface area (Å²) in [5.74, 6) is 3.15. The van der Waals surface area contributed by atoms with Crippen molar-refractivity contribution in [2.45, 2.75) is 50.0 Å². The normalized spacial score (nSPS) is 25.1. The highest BCUT2D eigenvalue weighted by Crippen LogP contribution is 2.39. The Morgan fingerprint density at radius 1 is 1.11 bits per heavy atom. The predicted molar refractivity (Wildman–Crippen MR) is 103 cm³/mol. The smallest absolute Gasteiger partial charge is 0.317 e. The molecule has 2 aromatic rings. The van der Waals surface area contributed by atoms with E-state index in [0.29, 0.717) is 12.5 Å². The molecule has 5 rings (SSSR count). The number of piperidine rings is 1. The van der Waals surface area contributed by atoms with E-state index < -0.39 is 0 Å². The zero-order chi connectivity index (χ0) is 18.9. The van der Waals surface area contributed by atoms with E-state index in [9.17, 15) is 4.79 Å². The van der Waals surface area contributed by atoms with Crippen LogP contribution in [0.2, 0.25) is 0 Å². The fraction of sp³-hybridized carbons (Fsp3) is 0.600. The van der Waals surface area contributed by atoms with Gasteiger partial charge in [0.2, 0.25) is 5.89 Å². The number of nitrogens with one attached hydrogen (secondary N) is 1. The Morgan fingerprint density at radius 2 is 2.04 bits per heavy atom. The van der Waals surface area contributed by atoms with Crippen LogP contribution in [0.3, 0.4) is 0 Å². The summed E-state index contributed by atoms with van der Waals surface area (Å²) in [5, 5.41) is 7.39. The second kappa shape index (κ2) is 7.41. The predicted octanol–water partition coefficient (Wildman–Crippen LogP) is 2.51. The van der Waals surface area contributed by atoms with Gasteiger partial charge in [0, 0.05) is 50.3 Å². The molecule has 1 N–H and O–H groups in total. The SMILES string of the molecule is O=C(NC1CCN(c2ccccn2)C1)N1CCCC(c2noc(C3CC3)n2)C1. The minimum Gasteiger partial charge on any atom is -0.354 e. The number of carbonyl (C=O) groups is 1. The largest absolute Gasteiger partial charge is 0.354 e. The molecule has 2 atom stereocenters. The van der Waals surface area contributed by atoms with Gasteiger partial charge in [-0.1, -0.05) is 11.2 Å². The van der Waals surface area contributed by atoms with Gasteiger partial charge in [-0.15, -0.1) is 0 Å². The second-order valence-electron chi connectivity index (χ2n) is 8.12. The van der Waals surface area contributed by atoms with Gasteiger partial charge in [-0.3, -0.25) is 0 Å². The molecular weight excluding hydrogens is 356 g/mol. The number of amides is 2. The molecule has 28 heavy (non-hydrogen) atoms. The monoisotopic (exact) mass is 382 g/mol. The number of hydrogen-bond donors (Lipinski definition) is 1. The lowest BCUT2D eigenvalue weighted by Gasteiger charge is -2.32. The molecule has 2 aromatic heterocycles. The van der Waals surface area contributed by atoms with E-state index in [1.165, 1.54) is 0 Å². The van der Waals surface area contributed by atoms with Crippen LogP contribution in [0.25, 0.3) is 0 Å². The minimum absolute atomic E-state index is 0.0171. The molecule has 0 bridgehead atoms. The van der Waals surface area contributed by atoms with Crippen molar-refractivity contribution in [3.8, 4) is 0 Å². The number of anilines is 1. The van der Waals surface area contributed by atoms with Gasteiger partial charge in [0.25, 0.3) is 0 Å². The summed E-state index contributed by atoms with van der Waals surface area (Å²) in [6.07, 6.45) is 7.02. The molecule has 3 aliphatic rings. The number of likely N-dealkylation sites (tertiary alicyclic amines) is 1. The van der Waals surface area contributed by atoms with Crippen molar-refractivity contribution in [1.29, 1.82) is 0 Å². The number of rotatable bonds is 4. The van der Waals surface area contributed by atoms with E-state index in [1.807, 2.05) is 29.3 Å². The summed E-state index contributed by atoms with van der Waals surface area (Å²) in [4.78, 5) is 25.9. The van der Waals surface area contributed by atoms with E-state index in [1.54, 1.807) is 0 Å². The number of carbonyl (C=O) groups excluding carboxylic acids is 1. The van der Waals surface area contributed by atoms with Crippen molar-refractivity contribution < 1.29 is 9.32 Å². The standard InChI is InChI=1S/C20H26N6O2/c27-20(22-16-8-11-25(13-16)17-5-1-2-9-21-17)26-10-3-4-15(12-26)18-23-19(28-24-18)14-6-7-14/h1-2,5,9,14-16H,3-4,6-8,10-13H2,(H,22,27). The van der Waals surface area contributed by atoms with Crippen LogP contribution in [0.5, 0.6) is 0 Å². The van der Waals surface area contributed by atoms with Crippen molar-refractivity contribution >= 4 is 11.8 Å². The molecule has 0 spiro atoms. The van der Waals surface area contributed by atoms with Crippen LogP contribution >= 0.6 is 0 Å². The number of urea groups is 1. The topological polar surface area (TPSA) is 87.4 Å². The third-order valence-corrected chi connectivity index (χ3v) is 5.95. The van der Waals surface area contributed by atoms with E-state index in [-0.39, 0.29) is 18.0 Å². The van der Waals surface area contributed by atoms with Crippen molar-refractivity contribution in [3.63, 3.8) is 0 Å². The Kier molecular flexibility index (Phi) is 4.62. The second-order valence-corrected chi connectivity index (χ2v) is 8.12. The molecule has 2 aliphatic heterocycles. The lowest BCUT2D eigenvalue weighted by atomic mass is 9.97. The van der Waals surface area contributed by atoms with Crippen LogP contribution in [0.4, 0.5) is 10.6 Å². The number of pyridine rings is 1. The zero-order valence-electron chi connectivity index (χ0n) is 16.0. The summed E-state index contributed by atoms with van der Waals surface area (Å²) < 4.78 is 5.41. The van der Waals surface area contributed by atoms with Gasteiger partial charge in [0.05, 0.1) is 0 Å². The van der Waals surface area contributed by atoms with Crippen LogP contribution in [0, 0.1) is 0 Å². The first-order chi connectivity index (χ1) is 13.8. The Labute approximate surface area is 164 Å². The molecule has 148 valence electrons. The summed E-state index contributed by atoms with van der Waals surface area (Å²) in [7, 11) is 0. The highest BCUT2D eigenvalue weighted by molar-refractivity contribution is 5.75. The van der Waals surface area contributed by atoms with Gasteiger partial charge in [-0.25, -0.2) is 9.78 Å². The van der Waals surface area contributed by atoms with Gasteiger partial charge >= 0.3 is 6.03 Å². The first kappa shape index (κ1) is 17.5. The lowest BCUT2D eigenvalue weighted by molar-refractivity contribution is 0.174. The Hall–Kier alpha value is -2.64. The van der Waals surface area contributed by atoms with Crippen LogP contribution in [0.15, 0.2) is 28.9 Å². The van der Waals surface area contributed by atoms with E-state index in [2.05, 4.69) is 25.3 Å². The lowest BCUT2D eigenvalue weighted by Crippen LogP contribution is -2.49. The molecule has 2 amide bonds. The van der Waals surface area contributed by atoms with Crippen LogP contribution in [0.1, 0.15) is 55.7 Å². The highest BCUT2D eigenvalue weighted by atomic mass is 16.5. The maximum Gasteiger partial charge on any atom is 0.317 e. The third kappa shape index (κ3) is 3.68. The maximum atomic E-state index is 12.8. The van der Waals surface area contributed by atoms with Gasteiger partial charge in [-0.05, 0) is 44.2 Å². The van der Waals surface area contributed by atoms with E-state index in [0.717, 1.165) is 69.3 Å². The minimum atomic E-state index is 0.0171. The molecule has 4 heterocycles. The molecule has 2 saturated heterocycles. The summed E-state index contributed by atoms with van der Waals surface area (Å²) in [6, 6.07) is 6.10. The van der Waals surface area contributed by atoms with Crippen molar-refractivity contribution in [1.82, 2.24) is 25.3 Å². The number of aromatic nitrogens is 3. The molecule has 0 aromatic carbocycles. The Morgan fingerprint density at radius 3 is 2.86 bits per heavy atom. The summed E-state index contributed by atoms with van der Waals surface area (Å²) in [6.45, 7) is 3.16. The van der Waals surface area contributed by atoms with Crippen LogP contribution < -0.4 is 10.2 Å². The number of hydrogen-bond acceptors (Lipinski definition) is 6. The molecular formula is C20H26N6O2. The van der Waals surface area contributed by atoms with Crippen LogP contribution in [-0.2, 0) is 0 Å². The highest BCUT2D eigenvalue weighted by Gasteiger charge is 2.33. The Bertz CT molecular complexity index is 821. The van der Waals surface area contributed by atoms with Gasteiger partial charge in [0.15, 0.2) is 5.82 Å². The average molecular weight is 382 g/mol. The number of nitrogens with zero attached hydrogens (tertiary/aromatic N) is 5. The van der Waals surface area contributed by atoms with Crippen molar-refractivity contribution in [2.24, 2.45) is 0 Å². The summed E-state index contributed by atoms with van der Waals surface area (Å²) >= 11 is 0. The molecule has 0 radical (unpaired) electrons. The molecule has 1 aliphatic carbocycles. The molecule has 8 heteroatoms. The molecule has 2 unspecified atom stereocenters. The molecule has 3 fully saturated rings. The molecule has 8 nitrogen and oxygen atoms in total. The first-order valence-electron chi connectivity index (χ1n) is 10.3. The summed E-state index contributed by atoms with van der Waals surface area (Å²) in [5.41, 5.74) is 0. The quantitative estimate of drug-likeness (QED) is 0.874. The van der Waals surface area contributed by atoms with Crippen molar-refractivity contribution in [3.05, 3.63) is 36.1 Å². The fourth-order valence-corrected chi connectivity index (χ4v) is 4.17. The Balaban J connectivity index is 1.16. The third-order valence-electron chi connectivity index (χ3n) is 5.95. The average Bonchev–Trinajstić information content (AvgIpc) is 3.28. The van der Waals surface area contributed by atoms with Crippen LogP contribution in [-0.4, -0.2) is 58.3 Å². The maximum absolute atomic E-state index is 12.8. The zero-order valence-corrected chi connectivity index (χ0v) is 16.0. The van der Waals surface area contributed by atoms with E-state index in [4.69, 9.17) is 4.52 Å². The van der Waals surface area contributed by atoms with Gasteiger partial charge in [0.1, 0.15) is 5.82 Å². The first-order valence-corrected chi connectivity index (χ1v) is 10.3.